The lowest BCUT2D eigenvalue weighted by Crippen LogP contribution is -2.09. The van der Waals surface area contributed by atoms with Gasteiger partial charge in [0.2, 0.25) is 0 Å². The number of para-hydroxylation sites is 2. The van der Waals surface area contributed by atoms with E-state index in [9.17, 15) is 4.79 Å². The molecule has 0 atom stereocenters. The molecule has 184 valence electrons. The summed E-state index contributed by atoms with van der Waals surface area (Å²) in [5, 5.41) is 4.58. The van der Waals surface area contributed by atoms with Crippen LogP contribution in [0.5, 0.6) is 5.75 Å². The summed E-state index contributed by atoms with van der Waals surface area (Å²) in [5.74, 6) is 2.05. The first kappa shape index (κ1) is 22.1. The lowest BCUT2D eigenvalue weighted by atomic mass is 9.92. The molecule has 5 aromatic rings. The van der Waals surface area contributed by atoms with Gasteiger partial charge in [0.15, 0.2) is 5.82 Å². The maximum Gasteiger partial charge on any atom is 0.439 e. The number of aromatic amines is 1. The topological polar surface area (TPSA) is 98.8 Å². The number of rotatable bonds is 4. The highest BCUT2D eigenvalue weighted by atomic mass is 35.5. The Hall–Kier alpha value is -4.17. The van der Waals surface area contributed by atoms with Gasteiger partial charge in [-0.25, -0.2) is 9.78 Å². The summed E-state index contributed by atoms with van der Waals surface area (Å²) in [4.78, 5) is 24.3. The number of pyridine rings is 1. The molecule has 1 N–H and O–H groups in total. The van der Waals surface area contributed by atoms with Crippen LogP contribution in [0.2, 0.25) is 5.02 Å². The highest BCUT2D eigenvalue weighted by molar-refractivity contribution is 6.34. The smallest absolute Gasteiger partial charge is 0.439 e. The van der Waals surface area contributed by atoms with Gasteiger partial charge in [-0.1, -0.05) is 47.1 Å². The molecule has 1 aliphatic carbocycles. The van der Waals surface area contributed by atoms with Crippen LogP contribution in [0.1, 0.15) is 59.8 Å². The largest absolute Gasteiger partial charge is 0.487 e. The predicted octanol–water partition coefficient (Wildman–Crippen LogP) is 5.56. The number of hydrogen-bond donors (Lipinski definition) is 1. The summed E-state index contributed by atoms with van der Waals surface area (Å²) in [5.41, 5.74) is 7.06. The van der Waals surface area contributed by atoms with Gasteiger partial charge in [0.25, 0.3) is 0 Å². The normalized spacial score (nSPS) is 16.2. The Morgan fingerprint density at radius 2 is 1.95 bits per heavy atom. The lowest BCUT2D eigenvalue weighted by molar-refractivity contribution is 0.302. The second-order valence-corrected chi connectivity index (χ2v) is 9.87. The average molecular weight is 512 g/mol. The zero-order chi connectivity index (χ0) is 25.1. The van der Waals surface area contributed by atoms with Crippen LogP contribution in [0.3, 0.4) is 0 Å². The molecule has 8 nitrogen and oxygen atoms in total. The standard InChI is InChI=1S/C28H22ClN5O3/c1-15(26-32-28(35)37-33-26)24-18-12-11-17(30-21(18)14-36-23-8-3-2-5-19(23)24)13-34-22-7-4-6-20(29)25(22)31-27(34)16-9-10-16/h2-8,11-12,16H,9-10,13-14H2,1H3,(H,32,33,35). The zero-order valence-electron chi connectivity index (χ0n) is 20.0. The number of allylic oxidation sites excluding steroid dienone is 1. The van der Waals surface area contributed by atoms with E-state index in [1.807, 2.05) is 49.4 Å². The van der Waals surface area contributed by atoms with Crippen molar-refractivity contribution in [2.45, 2.75) is 38.8 Å². The molecule has 1 aliphatic heterocycles. The Morgan fingerprint density at radius 3 is 2.76 bits per heavy atom. The maximum absolute atomic E-state index is 11.7. The molecule has 0 bridgehead atoms. The van der Waals surface area contributed by atoms with Crippen molar-refractivity contribution in [3.05, 3.63) is 104 Å². The quantitative estimate of drug-likeness (QED) is 0.339. The Morgan fingerprint density at radius 1 is 1.08 bits per heavy atom. The monoisotopic (exact) mass is 511 g/mol. The highest BCUT2D eigenvalue weighted by Crippen LogP contribution is 2.42. The molecule has 1 fully saturated rings. The number of nitrogens with one attached hydrogen (secondary N) is 1. The van der Waals surface area contributed by atoms with Crippen LogP contribution in [0.15, 0.2) is 63.9 Å². The second kappa shape index (κ2) is 8.45. The van der Waals surface area contributed by atoms with E-state index in [4.69, 9.17) is 30.8 Å². The van der Waals surface area contributed by atoms with Gasteiger partial charge in [0.05, 0.1) is 28.5 Å². The van der Waals surface area contributed by atoms with Gasteiger partial charge in [-0.15, -0.1) is 0 Å². The van der Waals surface area contributed by atoms with Crippen LogP contribution >= 0.6 is 11.6 Å². The molecule has 9 heteroatoms. The fourth-order valence-corrected chi connectivity index (χ4v) is 5.30. The van der Waals surface area contributed by atoms with Crippen LogP contribution < -0.4 is 10.5 Å². The average Bonchev–Trinajstić information content (AvgIpc) is 3.59. The summed E-state index contributed by atoms with van der Waals surface area (Å²) >= 11 is 6.48. The number of halogens is 1. The third-order valence-corrected chi connectivity index (χ3v) is 7.32. The first-order valence-corrected chi connectivity index (χ1v) is 12.6. The van der Waals surface area contributed by atoms with Crippen LogP contribution in [0.25, 0.3) is 22.2 Å². The first-order valence-electron chi connectivity index (χ1n) is 12.2. The predicted molar refractivity (Wildman–Crippen MR) is 140 cm³/mol. The van der Waals surface area contributed by atoms with E-state index < -0.39 is 5.76 Å². The van der Waals surface area contributed by atoms with Crippen molar-refractivity contribution in [1.82, 2.24) is 24.7 Å². The van der Waals surface area contributed by atoms with Crippen molar-refractivity contribution in [3.63, 3.8) is 0 Å². The lowest BCUT2D eigenvalue weighted by Gasteiger charge is -2.14. The van der Waals surface area contributed by atoms with Gasteiger partial charge in [0.1, 0.15) is 23.7 Å². The van der Waals surface area contributed by atoms with E-state index in [0.29, 0.717) is 29.9 Å². The summed E-state index contributed by atoms with van der Waals surface area (Å²) in [6.45, 7) is 2.81. The molecule has 37 heavy (non-hydrogen) atoms. The third-order valence-electron chi connectivity index (χ3n) is 7.01. The number of benzene rings is 2. The summed E-state index contributed by atoms with van der Waals surface area (Å²) in [6.07, 6.45) is 2.28. The van der Waals surface area contributed by atoms with Crippen molar-refractivity contribution < 1.29 is 9.26 Å². The molecule has 0 spiro atoms. The highest BCUT2D eigenvalue weighted by Gasteiger charge is 2.30. The van der Waals surface area contributed by atoms with E-state index in [2.05, 4.69) is 26.8 Å². The van der Waals surface area contributed by atoms with Gasteiger partial charge in [-0.2, -0.15) is 0 Å². The third kappa shape index (κ3) is 3.76. The van der Waals surface area contributed by atoms with Crippen LogP contribution in [0.4, 0.5) is 0 Å². The van der Waals surface area contributed by atoms with Gasteiger partial charge < -0.3 is 9.30 Å². The molecule has 0 amide bonds. The maximum atomic E-state index is 11.7. The summed E-state index contributed by atoms with van der Waals surface area (Å²) < 4.78 is 13.2. The number of aromatic nitrogens is 5. The molecule has 2 aliphatic rings. The molecule has 0 unspecified atom stereocenters. The van der Waals surface area contributed by atoms with Crippen LogP contribution in [-0.2, 0) is 13.2 Å². The Labute approximate surface area is 216 Å². The van der Waals surface area contributed by atoms with Crippen molar-refractivity contribution in [3.8, 4) is 5.75 Å². The summed E-state index contributed by atoms with van der Waals surface area (Å²) in [6, 6.07) is 17.8. The van der Waals surface area contributed by atoms with E-state index in [1.54, 1.807) is 0 Å². The molecule has 4 heterocycles. The molecule has 1 saturated carbocycles. The molecular weight excluding hydrogens is 490 g/mol. The van der Waals surface area contributed by atoms with Gasteiger partial charge in [0, 0.05) is 28.2 Å². The van der Waals surface area contributed by atoms with Crippen molar-refractivity contribution in [2.75, 3.05) is 0 Å². The zero-order valence-corrected chi connectivity index (χ0v) is 20.7. The molecule has 2 aromatic carbocycles. The van der Waals surface area contributed by atoms with E-state index in [0.717, 1.165) is 69.1 Å². The number of nitrogens with zero attached hydrogens (tertiary/aromatic N) is 4. The Bertz CT molecular complexity index is 1780. The minimum Gasteiger partial charge on any atom is -0.487 e. The SMILES string of the molecule is CC(=C1c2ccccc2OCc2nc(Cn3c(C4CC4)nc4c(Cl)cccc43)ccc21)c1noc(=O)[nH]1. The molecule has 7 rings (SSSR count). The summed E-state index contributed by atoms with van der Waals surface area (Å²) in [7, 11) is 0. The molecule has 0 radical (unpaired) electrons. The van der Waals surface area contributed by atoms with Crippen LogP contribution in [0, 0.1) is 0 Å². The number of hydrogen-bond acceptors (Lipinski definition) is 6. The van der Waals surface area contributed by atoms with Gasteiger partial charge >= 0.3 is 5.76 Å². The van der Waals surface area contributed by atoms with Gasteiger partial charge in [-0.3, -0.25) is 14.5 Å². The molecule has 3 aromatic heterocycles. The van der Waals surface area contributed by atoms with Gasteiger partial charge in [-0.05, 0) is 44.0 Å². The second-order valence-electron chi connectivity index (χ2n) is 9.46. The van der Waals surface area contributed by atoms with Crippen molar-refractivity contribution in [2.24, 2.45) is 0 Å². The number of fused-ring (bicyclic) bond motifs is 3. The number of H-pyrrole nitrogens is 1. The van der Waals surface area contributed by atoms with E-state index in [1.165, 1.54) is 0 Å². The number of imidazole rings is 1. The molecule has 0 saturated heterocycles. The Kier molecular flexibility index (Phi) is 5.04. The minimum absolute atomic E-state index is 0.318. The van der Waals surface area contributed by atoms with E-state index in [-0.39, 0.29) is 0 Å². The first-order chi connectivity index (χ1) is 18.1. The fraction of sp³-hybridized carbons (Fsp3) is 0.214. The Balaban J connectivity index is 1.36. The van der Waals surface area contributed by atoms with Crippen molar-refractivity contribution >= 4 is 33.8 Å². The fourth-order valence-electron chi connectivity index (χ4n) is 5.09. The minimum atomic E-state index is -0.596. The molecular formula is C28H22ClN5O3. The van der Waals surface area contributed by atoms with E-state index >= 15 is 0 Å². The van der Waals surface area contributed by atoms with Crippen molar-refractivity contribution in [1.29, 1.82) is 0 Å². The van der Waals surface area contributed by atoms with Crippen LogP contribution in [-0.4, -0.2) is 24.7 Å². The number of ether oxygens (including phenoxy) is 1.